The Labute approximate surface area is 125 Å². The van der Waals surface area contributed by atoms with E-state index >= 15 is 0 Å². The maximum atomic E-state index is 12.8. The number of carboxylic acids is 1. The topological polar surface area (TPSA) is 70.1 Å². The lowest BCUT2D eigenvalue weighted by atomic mass is 9.92. The number of hydrogen-bond acceptors (Lipinski definition) is 3. The van der Waals surface area contributed by atoms with Crippen molar-refractivity contribution < 1.29 is 19.4 Å². The van der Waals surface area contributed by atoms with Crippen molar-refractivity contribution in [1.29, 1.82) is 0 Å². The Hall–Kier alpha value is -1.30. The summed E-state index contributed by atoms with van der Waals surface area (Å²) in [5, 5.41) is 8.87. The van der Waals surface area contributed by atoms with E-state index in [1.165, 1.54) is 19.3 Å². The number of urea groups is 1. The minimum Gasteiger partial charge on any atom is -0.481 e. The summed E-state index contributed by atoms with van der Waals surface area (Å²) in [6.07, 6.45) is 5.54. The minimum atomic E-state index is -0.872. The molecule has 1 aliphatic carbocycles. The average molecular weight is 296 g/mol. The maximum absolute atomic E-state index is 12.8. The molecule has 0 aromatic heterocycles. The van der Waals surface area contributed by atoms with E-state index in [9.17, 15) is 9.59 Å². The van der Waals surface area contributed by atoms with Crippen LogP contribution in [0.4, 0.5) is 4.79 Å². The molecule has 2 aliphatic heterocycles. The Balaban J connectivity index is 1.62. The van der Waals surface area contributed by atoms with Gasteiger partial charge in [-0.05, 0) is 31.6 Å². The first-order valence-corrected chi connectivity index (χ1v) is 8.04. The molecule has 3 rings (SSSR count). The molecule has 0 bridgehead atoms. The van der Waals surface area contributed by atoms with Gasteiger partial charge < -0.3 is 19.6 Å². The van der Waals surface area contributed by atoms with Crippen LogP contribution in [0.2, 0.25) is 0 Å². The van der Waals surface area contributed by atoms with Crippen LogP contribution in [0.15, 0.2) is 0 Å². The molecule has 0 aromatic carbocycles. The van der Waals surface area contributed by atoms with Crippen molar-refractivity contribution in [2.75, 3.05) is 26.2 Å². The normalized spacial score (nSPS) is 32.9. The molecule has 6 nitrogen and oxygen atoms in total. The molecule has 1 N–H and O–H groups in total. The van der Waals surface area contributed by atoms with Gasteiger partial charge in [0, 0.05) is 25.7 Å². The zero-order valence-electron chi connectivity index (χ0n) is 12.4. The molecule has 0 radical (unpaired) electrons. The zero-order valence-corrected chi connectivity index (χ0v) is 12.4. The number of ether oxygens (including phenoxy) is 1. The molecule has 3 atom stereocenters. The summed E-state index contributed by atoms with van der Waals surface area (Å²) in [6, 6.07) is 0.498. The Kier molecular flexibility index (Phi) is 4.33. The first-order chi connectivity index (χ1) is 10.1. The van der Waals surface area contributed by atoms with Gasteiger partial charge in [0.25, 0.3) is 0 Å². The third-order valence-electron chi connectivity index (χ3n) is 5.05. The number of carbonyl (C=O) groups excluding carboxylic acids is 1. The second-order valence-corrected chi connectivity index (χ2v) is 6.41. The molecule has 6 heteroatoms. The highest BCUT2D eigenvalue weighted by molar-refractivity contribution is 5.75. The van der Waals surface area contributed by atoms with Gasteiger partial charge in [-0.15, -0.1) is 0 Å². The molecule has 0 aromatic rings. The second-order valence-electron chi connectivity index (χ2n) is 6.41. The van der Waals surface area contributed by atoms with Gasteiger partial charge >= 0.3 is 12.0 Å². The van der Waals surface area contributed by atoms with Crippen LogP contribution in [0.3, 0.4) is 0 Å². The number of fused-ring (bicyclic) bond motifs is 1. The Bertz CT molecular complexity index is 414. The van der Waals surface area contributed by atoms with Gasteiger partial charge in [0.15, 0.2) is 0 Å². The van der Waals surface area contributed by atoms with E-state index in [2.05, 4.69) is 0 Å². The molecule has 2 amide bonds. The van der Waals surface area contributed by atoms with Crippen LogP contribution in [-0.4, -0.2) is 65.3 Å². The van der Waals surface area contributed by atoms with Gasteiger partial charge in [0.05, 0.1) is 19.1 Å². The number of aliphatic carboxylic acids is 1. The molecular formula is C15H24N2O4. The van der Waals surface area contributed by atoms with E-state index in [0.717, 1.165) is 19.4 Å². The van der Waals surface area contributed by atoms with Crippen LogP contribution in [0.5, 0.6) is 0 Å². The number of nitrogens with zero attached hydrogens (tertiary/aromatic N) is 2. The smallest absolute Gasteiger partial charge is 0.320 e. The lowest BCUT2D eigenvalue weighted by Crippen LogP contribution is -2.56. The molecule has 3 fully saturated rings. The number of piperidine rings is 1. The quantitative estimate of drug-likeness (QED) is 0.839. The van der Waals surface area contributed by atoms with Crippen LogP contribution in [0.1, 0.15) is 38.5 Å². The second kappa shape index (κ2) is 6.22. The standard InChI is InChI=1S/C15H24N2O4/c18-14(19)9-12-10-16(7-8-21-12)15(20)17-6-2-4-11-3-1-5-13(11)17/h11-13H,1-10H2,(H,18,19). The number of rotatable bonds is 2. The van der Waals surface area contributed by atoms with Gasteiger partial charge in [-0.3, -0.25) is 4.79 Å². The summed E-state index contributed by atoms with van der Waals surface area (Å²) >= 11 is 0. The predicted octanol–water partition coefficient (Wildman–Crippen LogP) is 1.55. The molecule has 3 aliphatic rings. The Morgan fingerprint density at radius 2 is 1.95 bits per heavy atom. The SMILES string of the molecule is O=C(O)CC1CN(C(=O)N2CCCC3CCCC32)CCO1. The van der Waals surface area contributed by atoms with E-state index < -0.39 is 5.97 Å². The van der Waals surface area contributed by atoms with Crippen LogP contribution >= 0.6 is 0 Å². The Morgan fingerprint density at radius 1 is 1.14 bits per heavy atom. The summed E-state index contributed by atoms with van der Waals surface area (Å²) in [5.41, 5.74) is 0. The fraction of sp³-hybridized carbons (Fsp3) is 0.867. The fourth-order valence-corrected chi connectivity index (χ4v) is 4.08. The Morgan fingerprint density at radius 3 is 2.76 bits per heavy atom. The number of amides is 2. The third kappa shape index (κ3) is 3.15. The van der Waals surface area contributed by atoms with Gasteiger partial charge in [0.1, 0.15) is 0 Å². The number of carbonyl (C=O) groups is 2. The number of hydrogen-bond donors (Lipinski definition) is 1. The maximum Gasteiger partial charge on any atom is 0.320 e. The van der Waals surface area contributed by atoms with Crippen molar-refractivity contribution in [3.8, 4) is 0 Å². The molecule has 21 heavy (non-hydrogen) atoms. The van der Waals surface area contributed by atoms with E-state index in [1.54, 1.807) is 4.90 Å². The fourth-order valence-electron chi connectivity index (χ4n) is 4.08. The lowest BCUT2D eigenvalue weighted by molar-refractivity contribution is -0.141. The molecule has 2 saturated heterocycles. The summed E-state index contributed by atoms with van der Waals surface area (Å²) < 4.78 is 5.45. The molecular weight excluding hydrogens is 272 g/mol. The highest BCUT2D eigenvalue weighted by Gasteiger charge is 2.39. The molecule has 1 saturated carbocycles. The van der Waals surface area contributed by atoms with E-state index in [4.69, 9.17) is 9.84 Å². The average Bonchev–Trinajstić information content (AvgIpc) is 2.94. The van der Waals surface area contributed by atoms with Crippen LogP contribution < -0.4 is 0 Å². The number of carboxylic acid groups (broad SMARTS) is 1. The molecule has 2 heterocycles. The first kappa shape index (κ1) is 14.6. The first-order valence-electron chi connectivity index (χ1n) is 8.04. The molecule has 3 unspecified atom stereocenters. The van der Waals surface area contributed by atoms with Gasteiger partial charge in [-0.25, -0.2) is 4.79 Å². The van der Waals surface area contributed by atoms with E-state index in [0.29, 0.717) is 31.7 Å². The summed E-state index contributed by atoms with van der Waals surface area (Å²) in [7, 11) is 0. The van der Waals surface area contributed by atoms with Gasteiger partial charge in [-0.2, -0.15) is 0 Å². The van der Waals surface area contributed by atoms with Crippen LogP contribution in [0.25, 0.3) is 0 Å². The van der Waals surface area contributed by atoms with Crippen molar-refractivity contribution in [3.63, 3.8) is 0 Å². The van der Waals surface area contributed by atoms with Crippen molar-refractivity contribution >= 4 is 12.0 Å². The van der Waals surface area contributed by atoms with E-state index in [-0.39, 0.29) is 18.6 Å². The molecule has 118 valence electrons. The van der Waals surface area contributed by atoms with Gasteiger partial charge in [-0.1, -0.05) is 6.42 Å². The summed E-state index contributed by atoms with van der Waals surface area (Å²) in [6.45, 7) is 2.26. The number of morpholine rings is 1. The third-order valence-corrected chi connectivity index (χ3v) is 5.05. The van der Waals surface area contributed by atoms with Crippen LogP contribution in [-0.2, 0) is 9.53 Å². The minimum absolute atomic E-state index is 0.0319. The van der Waals surface area contributed by atoms with Crippen LogP contribution in [0, 0.1) is 5.92 Å². The highest BCUT2D eigenvalue weighted by atomic mass is 16.5. The number of likely N-dealkylation sites (tertiary alicyclic amines) is 1. The largest absolute Gasteiger partial charge is 0.481 e. The molecule has 0 spiro atoms. The predicted molar refractivity (Wildman–Crippen MR) is 76.0 cm³/mol. The monoisotopic (exact) mass is 296 g/mol. The summed E-state index contributed by atoms with van der Waals surface area (Å²) in [4.78, 5) is 27.4. The van der Waals surface area contributed by atoms with Gasteiger partial charge in [0.2, 0.25) is 0 Å². The van der Waals surface area contributed by atoms with Crippen molar-refractivity contribution in [1.82, 2.24) is 9.80 Å². The van der Waals surface area contributed by atoms with Crippen molar-refractivity contribution in [2.24, 2.45) is 5.92 Å². The van der Waals surface area contributed by atoms with E-state index in [1.807, 2.05) is 4.90 Å². The van der Waals surface area contributed by atoms with Crippen molar-refractivity contribution in [3.05, 3.63) is 0 Å². The zero-order chi connectivity index (χ0) is 14.8. The summed E-state index contributed by atoms with van der Waals surface area (Å²) in [5.74, 6) is -0.193. The highest BCUT2D eigenvalue weighted by Crippen LogP contribution is 2.37. The lowest BCUT2D eigenvalue weighted by Gasteiger charge is -2.42. The van der Waals surface area contributed by atoms with Crippen molar-refractivity contribution in [2.45, 2.75) is 50.7 Å².